The van der Waals surface area contributed by atoms with Gasteiger partial charge in [0.25, 0.3) is 0 Å². The van der Waals surface area contributed by atoms with Crippen LogP contribution in [0.25, 0.3) is 0 Å². The van der Waals surface area contributed by atoms with E-state index in [1.165, 1.54) is 31.4 Å². The van der Waals surface area contributed by atoms with Gasteiger partial charge >= 0.3 is 0 Å². The summed E-state index contributed by atoms with van der Waals surface area (Å²) in [5, 5.41) is 0. The quantitative estimate of drug-likeness (QED) is 0.875. The predicted molar refractivity (Wildman–Crippen MR) is 73.8 cm³/mol. The van der Waals surface area contributed by atoms with E-state index in [4.69, 9.17) is 5.73 Å². The van der Waals surface area contributed by atoms with Crippen LogP contribution in [0.4, 0.5) is 8.78 Å². The molecule has 3 heteroatoms. The van der Waals surface area contributed by atoms with Gasteiger partial charge in [-0.3, -0.25) is 0 Å². The van der Waals surface area contributed by atoms with Gasteiger partial charge in [-0.25, -0.2) is 8.78 Å². The van der Waals surface area contributed by atoms with Crippen LogP contribution in [0, 0.1) is 23.5 Å². The molecule has 0 radical (unpaired) electrons. The molecule has 1 aliphatic rings. The van der Waals surface area contributed by atoms with Crippen LogP contribution in [0.1, 0.15) is 44.6 Å². The van der Waals surface area contributed by atoms with Crippen LogP contribution >= 0.6 is 0 Å². The van der Waals surface area contributed by atoms with Crippen molar-refractivity contribution in [1.29, 1.82) is 0 Å². The summed E-state index contributed by atoms with van der Waals surface area (Å²) in [5.74, 6) is 0.0914. The second-order valence-electron chi connectivity index (χ2n) is 5.87. The topological polar surface area (TPSA) is 26.0 Å². The van der Waals surface area contributed by atoms with Crippen LogP contribution in [-0.4, -0.2) is 6.04 Å². The monoisotopic (exact) mass is 267 g/mol. The van der Waals surface area contributed by atoms with Gasteiger partial charge in [-0.15, -0.1) is 0 Å². The smallest absolute Gasteiger partial charge is 0.126 e. The minimum atomic E-state index is -0.496. The molecule has 1 fully saturated rings. The summed E-state index contributed by atoms with van der Waals surface area (Å²) in [6, 6.07) is 3.95. The van der Waals surface area contributed by atoms with Crippen LogP contribution in [0.5, 0.6) is 0 Å². The van der Waals surface area contributed by atoms with Gasteiger partial charge in [-0.2, -0.15) is 0 Å². The molecule has 2 rings (SSSR count). The molecule has 1 aliphatic carbocycles. The molecule has 1 aromatic carbocycles. The highest BCUT2D eigenvalue weighted by Gasteiger charge is 2.27. The molecule has 3 unspecified atom stereocenters. The maximum atomic E-state index is 13.2. The van der Waals surface area contributed by atoms with Crippen LogP contribution in [-0.2, 0) is 6.42 Å². The highest BCUT2D eigenvalue weighted by atomic mass is 19.1. The Kier molecular flexibility index (Phi) is 4.92. The first-order chi connectivity index (χ1) is 9.08. The van der Waals surface area contributed by atoms with Gasteiger partial charge in [0.15, 0.2) is 0 Å². The summed E-state index contributed by atoms with van der Waals surface area (Å²) in [4.78, 5) is 0. The third-order valence-corrected chi connectivity index (χ3v) is 4.27. The fraction of sp³-hybridized carbons (Fsp3) is 0.625. The summed E-state index contributed by atoms with van der Waals surface area (Å²) in [5.41, 5.74) is 6.91. The van der Waals surface area contributed by atoms with Crippen LogP contribution < -0.4 is 5.73 Å². The first kappa shape index (κ1) is 14.4. The van der Waals surface area contributed by atoms with Crippen molar-refractivity contribution in [2.24, 2.45) is 17.6 Å². The van der Waals surface area contributed by atoms with E-state index in [1.54, 1.807) is 0 Å². The highest BCUT2D eigenvalue weighted by molar-refractivity contribution is 5.19. The van der Waals surface area contributed by atoms with Crippen molar-refractivity contribution in [3.63, 3.8) is 0 Å². The maximum Gasteiger partial charge on any atom is 0.126 e. The van der Waals surface area contributed by atoms with E-state index in [0.717, 1.165) is 30.4 Å². The number of hydrogen-bond acceptors (Lipinski definition) is 1. The Morgan fingerprint density at radius 3 is 2.47 bits per heavy atom. The fourth-order valence-corrected chi connectivity index (χ4v) is 3.32. The van der Waals surface area contributed by atoms with Gasteiger partial charge in [-0.05, 0) is 55.2 Å². The molecule has 106 valence electrons. The predicted octanol–water partition coefficient (Wildman–Crippen LogP) is 4.05. The molecule has 0 heterocycles. The second-order valence-corrected chi connectivity index (χ2v) is 5.87. The third kappa shape index (κ3) is 4.00. The molecular formula is C16H23F2N. The Hall–Kier alpha value is -0.960. The zero-order valence-corrected chi connectivity index (χ0v) is 11.5. The van der Waals surface area contributed by atoms with E-state index in [0.29, 0.717) is 12.3 Å². The van der Waals surface area contributed by atoms with Gasteiger partial charge < -0.3 is 5.73 Å². The molecule has 0 aromatic heterocycles. The average Bonchev–Trinajstić information content (AvgIpc) is 2.32. The molecule has 0 saturated heterocycles. The molecule has 0 spiro atoms. The fourth-order valence-electron chi connectivity index (χ4n) is 3.32. The molecule has 19 heavy (non-hydrogen) atoms. The molecule has 1 saturated carbocycles. The van der Waals surface area contributed by atoms with E-state index in [2.05, 4.69) is 6.92 Å². The highest BCUT2D eigenvalue weighted by Crippen LogP contribution is 2.33. The average molecular weight is 267 g/mol. The van der Waals surface area contributed by atoms with Crippen molar-refractivity contribution in [2.75, 3.05) is 0 Å². The largest absolute Gasteiger partial charge is 0.327 e. The second kappa shape index (κ2) is 6.47. The first-order valence-electron chi connectivity index (χ1n) is 7.29. The Morgan fingerprint density at radius 2 is 1.84 bits per heavy atom. The van der Waals surface area contributed by atoms with Crippen molar-refractivity contribution in [1.82, 2.24) is 0 Å². The number of nitrogens with two attached hydrogens (primary N) is 1. The summed E-state index contributed by atoms with van der Waals surface area (Å²) in [6.45, 7) is 2.20. The van der Waals surface area contributed by atoms with Crippen LogP contribution in [0.2, 0.25) is 0 Å². The number of hydrogen-bond donors (Lipinski definition) is 1. The van der Waals surface area contributed by atoms with E-state index >= 15 is 0 Å². The van der Waals surface area contributed by atoms with Gasteiger partial charge in [0.05, 0.1) is 0 Å². The van der Waals surface area contributed by atoms with E-state index in [9.17, 15) is 8.78 Å². The van der Waals surface area contributed by atoms with Gasteiger partial charge in [-0.1, -0.05) is 19.8 Å². The summed E-state index contributed by atoms with van der Waals surface area (Å²) in [6.07, 6.45) is 6.45. The van der Waals surface area contributed by atoms with Gasteiger partial charge in [0.2, 0.25) is 0 Å². The van der Waals surface area contributed by atoms with Crippen molar-refractivity contribution < 1.29 is 8.78 Å². The van der Waals surface area contributed by atoms with Crippen molar-refractivity contribution in [2.45, 2.75) is 51.5 Å². The molecule has 1 nitrogen and oxygen atoms in total. The summed E-state index contributed by atoms with van der Waals surface area (Å²) >= 11 is 0. The lowest BCUT2D eigenvalue weighted by molar-refractivity contribution is 0.221. The van der Waals surface area contributed by atoms with Crippen molar-refractivity contribution >= 4 is 0 Å². The number of rotatable bonds is 4. The number of halogens is 2. The van der Waals surface area contributed by atoms with E-state index in [-0.39, 0.29) is 6.04 Å². The molecule has 0 aliphatic heterocycles. The Labute approximate surface area is 114 Å². The minimum Gasteiger partial charge on any atom is -0.327 e. The Balaban J connectivity index is 2.03. The summed E-state index contributed by atoms with van der Waals surface area (Å²) < 4.78 is 26.4. The molecule has 2 N–H and O–H groups in total. The minimum absolute atomic E-state index is 0.166. The Morgan fingerprint density at radius 1 is 1.16 bits per heavy atom. The van der Waals surface area contributed by atoms with E-state index in [1.807, 2.05) is 0 Å². The van der Waals surface area contributed by atoms with Crippen molar-refractivity contribution in [3.05, 3.63) is 35.4 Å². The number of benzene rings is 1. The maximum absolute atomic E-state index is 13.2. The molecule has 1 aromatic rings. The lowest BCUT2D eigenvalue weighted by atomic mass is 9.74. The SMILES string of the molecule is CCCC1CCC(N)C(Cc2cc(F)cc(F)c2)C1. The molecule has 0 amide bonds. The van der Waals surface area contributed by atoms with Gasteiger partial charge in [0.1, 0.15) is 11.6 Å². The third-order valence-electron chi connectivity index (χ3n) is 4.27. The molecular weight excluding hydrogens is 244 g/mol. The standard InChI is InChI=1S/C16H23F2N/c1-2-3-11-4-5-16(19)13(6-11)7-12-8-14(17)10-15(18)9-12/h8-11,13,16H,2-7,19H2,1H3. The lowest BCUT2D eigenvalue weighted by Crippen LogP contribution is -2.37. The molecule has 3 atom stereocenters. The zero-order chi connectivity index (χ0) is 13.8. The normalized spacial score (nSPS) is 27.5. The van der Waals surface area contributed by atoms with Crippen LogP contribution in [0.3, 0.4) is 0 Å². The Bertz CT molecular complexity index is 399. The molecule has 0 bridgehead atoms. The van der Waals surface area contributed by atoms with Crippen molar-refractivity contribution in [3.8, 4) is 0 Å². The zero-order valence-electron chi connectivity index (χ0n) is 11.5. The lowest BCUT2D eigenvalue weighted by Gasteiger charge is -2.34. The van der Waals surface area contributed by atoms with Crippen LogP contribution in [0.15, 0.2) is 18.2 Å². The first-order valence-corrected chi connectivity index (χ1v) is 7.29. The van der Waals surface area contributed by atoms with E-state index < -0.39 is 11.6 Å². The summed E-state index contributed by atoms with van der Waals surface area (Å²) in [7, 11) is 0. The van der Waals surface area contributed by atoms with Gasteiger partial charge in [0, 0.05) is 12.1 Å².